The predicted octanol–water partition coefficient (Wildman–Crippen LogP) is 4.56. The Kier molecular flexibility index (Phi) is 11.0. The van der Waals surface area contributed by atoms with E-state index in [4.69, 9.17) is 15.7 Å². The van der Waals surface area contributed by atoms with E-state index in [2.05, 4.69) is 49.1 Å². The van der Waals surface area contributed by atoms with Crippen molar-refractivity contribution in [2.24, 2.45) is 5.73 Å². The summed E-state index contributed by atoms with van der Waals surface area (Å²) >= 11 is 0. The number of methoxy groups -OCH3 is 1. The molecule has 2 aromatic carbocycles. The third kappa shape index (κ3) is 6.41. The van der Waals surface area contributed by atoms with Gasteiger partial charge in [-0.15, -0.1) is 24.7 Å². The van der Waals surface area contributed by atoms with E-state index in [9.17, 15) is 0 Å². The van der Waals surface area contributed by atoms with Crippen molar-refractivity contribution in [2.75, 3.05) is 13.7 Å². The molecule has 31 heavy (non-hydrogen) atoms. The summed E-state index contributed by atoms with van der Waals surface area (Å²) in [6.45, 7) is 11.9. The van der Waals surface area contributed by atoms with Gasteiger partial charge in [0.15, 0.2) is 0 Å². The molecule has 0 fully saturated rings. The summed E-state index contributed by atoms with van der Waals surface area (Å²) in [5.74, 6) is 0.848. The minimum absolute atomic E-state index is 0. The fourth-order valence-corrected chi connectivity index (χ4v) is 3.09. The van der Waals surface area contributed by atoms with Crippen molar-refractivity contribution >= 4 is 21.8 Å². The Morgan fingerprint density at radius 1 is 1.32 bits per heavy atom. The van der Waals surface area contributed by atoms with Gasteiger partial charge < -0.3 is 29.3 Å². The van der Waals surface area contributed by atoms with E-state index >= 15 is 0 Å². The van der Waals surface area contributed by atoms with Gasteiger partial charge in [-0.3, -0.25) is 9.94 Å². The van der Waals surface area contributed by atoms with Crippen molar-refractivity contribution in [3.05, 3.63) is 73.3 Å². The minimum Gasteiger partial charge on any atom is -0.496 e. The largest absolute Gasteiger partial charge is 0.496 e. The van der Waals surface area contributed by atoms with Crippen LogP contribution in [0.2, 0.25) is 0 Å². The number of nitrogens with two attached hydrogens (primary N) is 1. The molecule has 0 atom stereocenters. The summed E-state index contributed by atoms with van der Waals surface area (Å²) in [5, 5.41) is 15.6. The van der Waals surface area contributed by atoms with Gasteiger partial charge in [-0.2, -0.15) is 11.5 Å². The van der Waals surface area contributed by atoms with Gasteiger partial charge in [-0.25, -0.2) is 0 Å². The first-order valence-electron chi connectivity index (χ1n) is 9.74. The molecule has 0 aliphatic heterocycles. The number of H-pyrrole nitrogens is 1. The van der Waals surface area contributed by atoms with Crippen LogP contribution < -0.4 is 10.5 Å². The summed E-state index contributed by atoms with van der Waals surface area (Å²) in [6, 6.07) is 12.9. The van der Waals surface area contributed by atoms with E-state index < -0.39 is 0 Å². The Hall–Kier alpha value is -2.66. The molecule has 7 heteroatoms. The molecular weight excluding hydrogens is 565 g/mol. The maximum atomic E-state index is 8.99. The Morgan fingerprint density at radius 3 is 2.61 bits per heavy atom. The Morgan fingerprint density at radius 2 is 2.00 bits per heavy atom. The van der Waals surface area contributed by atoms with Gasteiger partial charge in [0.05, 0.1) is 13.7 Å². The van der Waals surface area contributed by atoms with Crippen molar-refractivity contribution in [1.29, 1.82) is 5.26 Å². The van der Waals surface area contributed by atoms with Gasteiger partial charge >= 0.3 is 0 Å². The first kappa shape index (κ1) is 26.4. The number of rotatable bonds is 3. The van der Waals surface area contributed by atoms with E-state index in [0.717, 1.165) is 39.6 Å². The van der Waals surface area contributed by atoms with Crippen molar-refractivity contribution in [3.63, 3.8) is 0 Å². The third-order valence-electron chi connectivity index (χ3n) is 4.24. The van der Waals surface area contributed by atoms with Gasteiger partial charge in [0, 0.05) is 48.0 Å². The first-order chi connectivity index (χ1) is 14.5. The standard InChI is InChI=1S/C19H15N4O.C3H7.C2H6N.Os/c1-12-7-18(24-2)16(15-5-6-21-19(12)15)11-23-10-14-4-3-13(9-20)8-17(14)22-23;1-3-2;1-2-3;/h3-7,10,21H,11H2,1-2H3;1,3H2,2H3;1-3H2;/q3*-1;. The normalized spacial score (nSPS) is 9.71. The Bertz CT molecular complexity index is 1140. The molecule has 3 N–H and O–H groups in total. The second-order valence-corrected chi connectivity index (χ2v) is 6.54. The van der Waals surface area contributed by atoms with Crippen LogP contribution in [0.25, 0.3) is 21.8 Å². The fourth-order valence-electron chi connectivity index (χ4n) is 3.09. The second kappa shape index (κ2) is 12.9. The number of nitriles is 1. The molecule has 4 rings (SSSR count). The molecule has 4 aromatic rings. The maximum absolute atomic E-state index is 8.99. The molecule has 2 heterocycles. The van der Waals surface area contributed by atoms with Crippen LogP contribution in [0.4, 0.5) is 0 Å². The van der Waals surface area contributed by atoms with Gasteiger partial charge in [0.2, 0.25) is 0 Å². The monoisotopic (exact) mass is 594 g/mol. The number of fused-ring (bicyclic) bond motifs is 2. The summed E-state index contributed by atoms with van der Waals surface area (Å²) in [5.41, 5.74) is 9.26. The second-order valence-electron chi connectivity index (χ2n) is 6.54. The van der Waals surface area contributed by atoms with E-state index in [1.165, 1.54) is 0 Å². The van der Waals surface area contributed by atoms with Crippen LogP contribution in [0.1, 0.15) is 30.0 Å². The molecule has 0 radical (unpaired) electrons. The van der Waals surface area contributed by atoms with Crippen molar-refractivity contribution < 1.29 is 24.5 Å². The number of hydrogen-bond acceptors (Lipinski definition) is 4. The molecule has 0 saturated heterocycles. The third-order valence-corrected chi connectivity index (χ3v) is 4.24. The van der Waals surface area contributed by atoms with Crippen LogP contribution in [0.3, 0.4) is 0 Å². The van der Waals surface area contributed by atoms with Crippen LogP contribution in [0, 0.1) is 38.2 Å². The fraction of sp³-hybridized carbons (Fsp3) is 0.250. The van der Waals surface area contributed by atoms with Gasteiger partial charge in [-0.05, 0) is 36.9 Å². The number of ether oxygens (including phenoxy) is 1. The van der Waals surface area contributed by atoms with Crippen molar-refractivity contribution in [3.8, 4) is 11.8 Å². The van der Waals surface area contributed by atoms with E-state index in [1.807, 2.05) is 36.1 Å². The molecule has 0 bridgehead atoms. The van der Waals surface area contributed by atoms with Crippen LogP contribution >= 0.6 is 0 Å². The number of nitrogens with zero attached hydrogens (tertiary/aromatic N) is 3. The van der Waals surface area contributed by atoms with Gasteiger partial charge in [0.25, 0.3) is 0 Å². The number of hydrogen-bond donors (Lipinski definition) is 2. The molecule has 0 unspecified atom stereocenters. The Labute approximate surface area is 197 Å². The van der Waals surface area contributed by atoms with E-state index in [1.54, 1.807) is 13.2 Å². The summed E-state index contributed by atoms with van der Waals surface area (Å²) in [7, 11) is 1.68. The average Bonchev–Trinajstić information content (AvgIpc) is 3.37. The molecule has 0 saturated carbocycles. The van der Waals surface area contributed by atoms with Crippen LogP contribution in [-0.4, -0.2) is 28.4 Å². The number of nitrogens with one attached hydrogen (secondary N) is 1. The minimum atomic E-state index is 0. The zero-order chi connectivity index (χ0) is 22.1. The van der Waals surface area contributed by atoms with Gasteiger partial charge in [-0.1, -0.05) is 17.9 Å². The Balaban J connectivity index is 0.000000620. The van der Waals surface area contributed by atoms with Gasteiger partial charge in [0.1, 0.15) is 5.75 Å². The van der Waals surface area contributed by atoms with Crippen molar-refractivity contribution in [1.82, 2.24) is 14.8 Å². The molecule has 166 valence electrons. The number of aryl methyl sites for hydroxylation is 1. The van der Waals surface area contributed by atoms with Crippen LogP contribution in [0.5, 0.6) is 5.75 Å². The summed E-state index contributed by atoms with van der Waals surface area (Å²) in [4.78, 5) is 3.28. The molecular formula is C24H28N5OOs-3. The van der Waals surface area contributed by atoms with Crippen LogP contribution in [0.15, 0.2) is 36.7 Å². The zero-order valence-electron chi connectivity index (χ0n) is 18.2. The molecule has 6 nitrogen and oxygen atoms in total. The maximum Gasteiger partial charge on any atom is 0.124 e. The molecule has 0 amide bonds. The topological polar surface area (TPSA) is 92.6 Å². The van der Waals surface area contributed by atoms with Crippen molar-refractivity contribution in [2.45, 2.75) is 26.8 Å². The van der Waals surface area contributed by atoms with Crippen LogP contribution in [-0.2, 0) is 26.3 Å². The molecule has 2 aromatic heterocycles. The molecule has 0 aliphatic rings. The summed E-state index contributed by atoms with van der Waals surface area (Å²) in [6.07, 6.45) is 4.90. The average molecular weight is 593 g/mol. The number of aromatic nitrogens is 3. The quantitative estimate of drug-likeness (QED) is 0.341. The number of aromatic amines is 1. The molecule has 0 spiro atoms. The predicted molar refractivity (Wildman–Crippen MR) is 122 cm³/mol. The zero-order valence-corrected chi connectivity index (χ0v) is 20.7. The smallest absolute Gasteiger partial charge is 0.124 e. The number of benzene rings is 2. The van der Waals surface area contributed by atoms with E-state index in [0.29, 0.717) is 24.2 Å². The molecule has 0 aliphatic carbocycles. The summed E-state index contributed by atoms with van der Waals surface area (Å²) < 4.78 is 7.44. The first-order valence-corrected chi connectivity index (χ1v) is 9.74. The SMILES string of the molecule is COc1cc(C)c2[nH]ccc2c1Cn1cc2ccc(C#N)[c-]c2n1.[CH2-]CC.[CH2-]CN.[Os]. The van der Waals surface area contributed by atoms with E-state index in [-0.39, 0.29) is 19.8 Å².